The molecular formula is C23H16N4O4. The Bertz CT molecular complexity index is 1340. The van der Waals surface area contributed by atoms with Crippen LogP contribution in [0.2, 0.25) is 0 Å². The highest BCUT2D eigenvalue weighted by atomic mass is 16.6. The molecular weight excluding hydrogens is 396 g/mol. The van der Waals surface area contributed by atoms with Crippen LogP contribution in [0.4, 0.5) is 11.4 Å². The minimum Gasteiger partial charge on any atom is -0.258 e. The molecule has 0 fully saturated rings. The van der Waals surface area contributed by atoms with Gasteiger partial charge in [-0.05, 0) is 42.5 Å². The second-order valence-corrected chi connectivity index (χ2v) is 8.32. The summed E-state index contributed by atoms with van der Waals surface area (Å²) in [5.41, 5.74) is 4.96. The summed E-state index contributed by atoms with van der Waals surface area (Å²) in [6.07, 6.45) is 2.30. The molecule has 0 unspecified atom stereocenters. The molecule has 0 saturated heterocycles. The number of nitrogens with zero attached hydrogens (tertiary/aromatic N) is 4. The van der Waals surface area contributed by atoms with Crippen molar-refractivity contribution in [3.05, 3.63) is 91.3 Å². The molecule has 0 aliphatic heterocycles. The molecule has 0 radical (unpaired) electrons. The molecule has 2 aromatic heterocycles. The van der Waals surface area contributed by atoms with Crippen molar-refractivity contribution in [2.45, 2.75) is 31.1 Å². The summed E-state index contributed by atoms with van der Waals surface area (Å²) in [7, 11) is 0. The van der Waals surface area contributed by atoms with Crippen LogP contribution in [0, 0.1) is 20.2 Å². The van der Waals surface area contributed by atoms with Crippen molar-refractivity contribution in [2.75, 3.05) is 0 Å². The predicted octanol–water partition coefficient (Wildman–Crippen LogP) is 4.97. The van der Waals surface area contributed by atoms with Crippen LogP contribution in [-0.2, 0) is 12.8 Å². The van der Waals surface area contributed by atoms with E-state index in [0.29, 0.717) is 11.0 Å². The van der Waals surface area contributed by atoms with Gasteiger partial charge in [-0.3, -0.25) is 20.2 Å². The van der Waals surface area contributed by atoms with Crippen molar-refractivity contribution in [3.63, 3.8) is 0 Å². The number of hydrogen-bond acceptors (Lipinski definition) is 6. The van der Waals surface area contributed by atoms with Gasteiger partial charge in [0.25, 0.3) is 11.4 Å². The zero-order chi connectivity index (χ0) is 21.3. The van der Waals surface area contributed by atoms with E-state index < -0.39 is 0 Å². The van der Waals surface area contributed by atoms with Gasteiger partial charge in [0.05, 0.1) is 9.85 Å². The van der Waals surface area contributed by atoms with Crippen LogP contribution >= 0.6 is 0 Å². The largest absolute Gasteiger partial charge is 0.295 e. The van der Waals surface area contributed by atoms with Gasteiger partial charge >= 0.3 is 0 Å². The topological polar surface area (TPSA) is 112 Å². The number of rotatable bonds is 2. The summed E-state index contributed by atoms with van der Waals surface area (Å²) in [6.45, 7) is 0. The van der Waals surface area contributed by atoms with E-state index in [9.17, 15) is 20.2 Å². The standard InChI is InChI=1S/C23H16N4O4/c28-26(29)18-5-1-3-12-7-14-9-16-11-17(20(14)24-22(12)18)10-15-8-13-4-2-6-19(27(30)31)23(13)25-21(15)16/h1-8,16-17H,9-11H2/t16-,17-/m0/s1. The Hall–Kier alpha value is -3.94. The first-order chi connectivity index (χ1) is 15.0. The SMILES string of the molecule is O=[N+]([O-])c1cccc2cc3c(nc12)[C@H]1Cc2cc4cccc([N+](=O)[O-])c4nc2[C@@H](C3)C1. The number of non-ortho nitro benzene ring substituents is 2. The lowest BCUT2D eigenvalue weighted by atomic mass is 9.70. The first kappa shape index (κ1) is 17.9. The maximum atomic E-state index is 11.5. The molecule has 152 valence electrons. The predicted molar refractivity (Wildman–Crippen MR) is 114 cm³/mol. The summed E-state index contributed by atoms with van der Waals surface area (Å²) in [6, 6.07) is 14.1. The van der Waals surface area contributed by atoms with Crippen molar-refractivity contribution in [1.82, 2.24) is 9.97 Å². The fourth-order valence-corrected chi connectivity index (χ4v) is 5.27. The van der Waals surface area contributed by atoms with Crippen LogP contribution < -0.4 is 0 Å². The average Bonchev–Trinajstić information content (AvgIpc) is 2.76. The van der Waals surface area contributed by atoms with Gasteiger partial charge in [0.2, 0.25) is 0 Å². The van der Waals surface area contributed by atoms with Crippen molar-refractivity contribution in [3.8, 4) is 0 Å². The van der Waals surface area contributed by atoms with E-state index in [-0.39, 0.29) is 33.1 Å². The maximum Gasteiger partial charge on any atom is 0.295 e. The van der Waals surface area contributed by atoms with Crippen molar-refractivity contribution < 1.29 is 9.85 Å². The second kappa shape index (κ2) is 6.28. The molecule has 0 saturated carbocycles. The third-order valence-corrected chi connectivity index (χ3v) is 6.54. The molecule has 0 spiro atoms. The van der Waals surface area contributed by atoms with Crippen molar-refractivity contribution >= 4 is 33.2 Å². The molecule has 2 atom stereocenters. The number of nitro benzene ring substituents is 2. The van der Waals surface area contributed by atoms with E-state index in [4.69, 9.17) is 9.97 Å². The highest BCUT2D eigenvalue weighted by Gasteiger charge is 2.37. The fraction of sp³-hybridized carbons (Fsp3) is 0.217. The Morgan fingerprint density at radius 3 is 1.61 bits per heavy atom. The smallest absolute Gasteiger partial charge is 0.258 e. The Labute approximate surface area is 175 Å². The number of benzene rings is 2. The highest BCUT2D eigenvalue weighted by molar-refractivity contribution is 5.89. The molecule has 2 aliphatic carbocycles. The zero-order valence-electron chi connectivity index (χ0n) is 16.3. The molecule has 2 heterocycles. The van der Waals surface area contributed by atoms with Gasteiger partial charge in [-0.25, -0.2) is 9.97 Å². The van der Waals surface area contributed by atoms with Gasteiger partial charge < -0.3 is 0 Å². The van der Waals surface area contributed by atoms with Gasteiger partial charge in [-0.15, -0.1) is 0 Å². The molecule has 2 bridgehead atoms. The fourth-order valence-electron chi connectivity index (χ4n) is 5.27. The number of nitro groups is 2. The molecule has 0 amide bonds. The minimum absolute atomic E-state index is 0.0265. The Balaban J connectivity index is 1.51. The molecule has 8 nitrogen and oxygen atoms in total. The summed E-state index contributed by atoms with van der Waals surface area (Å²) >= 11 is 0. The highest BCUT2D eigenvalue weighted by Crippen LogP contribution is 2.47. The molecule has 4 aromatic rings. The second-order valence-electron chi connectivity index (χ2n) is 8.32. The number of hydrogen-bond donors (Lipinski definition) is 0. The molecule has 2 aromatic carbocycles. The number of fused-ring (bicyclic) bond motifs is 8. The summed E-state index contributed by atoms with van der Waals surface area (Å²) in [4.78, 5) is 31.7. The molecule has 8 heteroatoms. The van der Waals surface area contributed by atoms with E-state index in [1.165, 1.54) is 12.1 Å². The van der Waals surface area contributed by atoms with Gasteiger partial charge in [0.15, 0.2) is 0 Å². The quantitative estimate of drug-likeness (QED) is 0.339. The van der Waals surface area contributed by atoms with E-state index in [2.05, 4.69) is 0 Å². The van der Waals surface area contributed by atoms with Gasteiger partial charge in [-0.2, -0.15) is 0 Å². The number of aromatic nitrogens is 2. The van der Waals surface area contributed by atoms with Crippen LogP contribution in [0.1, 0.15) is 40.8 Å². The van der Waals surface area contributed by atoms with E-state index in [1.54, 1.807) is 12.1 Å². The van der Waals surface area contributed by atoms with Gasteiger partial charge in [-0.1, -0.05) is 24.3 Å². The first-order valence-electron chi connectivity index (χ1n) is 10.1. The normalized spacial score (nSPS) is 19.1. The van der Waals surface area contributed by atoms with Crippen molar-refractivity contribution in [1.29, 1.82) is 0 Å². The number of pyridine rings is 2. The molecule has 6 rings (SSSR count). The third-order valence-electron chi connectivity index (χ3n) is 6.54. The third kappa shape index (κ3) is 2.61. The number of para-hydroxylation sites is 2. The van der Waals surface area contributed by atoms with E-state index >= 15 is 0 Å². The Morgan fingerprint density at radius 2 is 1.19 bits per heavy atom. The lowest BCUT2D eigenvalue weighted by Gasteiger charge is -2.36. The van der Waals surface area contributed by atoms with Gasteiger partial charge in [0.1, 0.15) is 11.0 Å². The lowest BCUT2D eigenvalue weighted by molar-refractivity contribution is -0.383. The zero-order valence-corrected chi connectivity index (χ0v) is 16.3. The van der Waals surface area contributed by atoms with E-state index in [1.807, 2.05) is 24.3 Å². The van der Waals surface area contributed by atoms with Crippen LogP contribution in [0.15, 0.2) is 48.5 Å². The monoisotopic (exact) mass is 412 g/mol. The molecule has 0 N–H and O–H groups in total. The molecule has 31 heavy (non-hydrogen) atoms. The van der Waals surface area contributed by atoms with E-state index in [0.717, 1.165) is 52.5 Å². The Morgan fingerprint density at radius 1 is 0.742 bits per heavy atom. The van der Waals surface area contributed by atoms with Gasteiger partial charge in [0, 0.05) is 46.1 Å². The molecule has 2 aliphatic rings. The van der Waals surface area contributed by atoms with Crippen LogP contribution in [0.3, 0.4) is 0 Å². The Kier molecular flexibility index (Phi) is 3.62. The summed E-state index contributed by atoms with van der Waals surface area (Å²) < 4.78 is 0. The average molecular weight is 412 g/mol. The first-order valence-corrected chi connectivity index (χ1v) is 10.1. The summed E-state index contributed by atoms with van der Waals surface area (Å²) in [5.74, 6) is 0.312. The maximum absolute atomic E-state index is 11.5. The minimum atomic E-state index is -0.382. The van der Waals surface area contributed by atoms with Crippen LogP contribution in [-0.4, -0.2) is 19.8 Å². The van der Waals surface area contributed by atoms with Crippen LogP contribution in [0.25, 0.3) is 21.8 Å². The van der Waals surface area contributed by atoms with Crippen LogP contribution in [0.5, 0.6) is 0 Å². The summed E-state index contributed by atoms with van der Waals surface area (Å²) in [5, 5.41) is 24.5. The lowest BCUT2D eigenvalue weighted by Crippen LogP contribution is -2.27. The van der Waals surface area contributed by atoms with Crippen molar-refractivity contribution in [2.24, 2.45) is 0 Å².